The van der Waals surface area contributed by atoms with E-state index in [0.29, 0.717) is 17.5 Å². The number of aryl methyl sites for hydroxylation is 1. The molecule has 15 heavy (non-hydrogen) atoms. The van der Waals surface area contributed by atoms with Crippen LogP contribution in [0.2, 0.25) is 0 Å². The first-order valence-electron chi connectivity index (χ1n) is 4.38. The highest BCUT2D eigenvalue weighted by atomic mass is 19.4. The van der Waals surface area contributed by atoms with Gasteiger partial charge in [-0.3, -0.25) is 0 Å². The van der Waals surface area contributed by atoms with Gasteiger partial charge in [0.25, 0.3) is 0 Å². The molecule has 4 heteroatoms. The molecule has 0 spiro atoms. The maximum absolute atomic E-state index is 12.0. The first-order valence-corrected chi connectivity index (χ1v) is 4.38. The molecule has 0 unspecified atom stereocenters. The molecule has 0 bridgehead atoms. The molecule has 0 aromatic heterocycles. The number of halogens is 3. The molecule has 0 amide bonds. The lowest BCUT2D eigenvalue weighted by atomic mass is 10.1. The summed E-state index contributed by atoms with van der Waals surface area (Å²) in [4.78, 5) is 0. The Kier molecular flexibility index (Phi) is 3.39. The first kappa shape index (κ1) is 11.6. The minimum absolute atomic E-state index is 0.182. The zero-order chi connectivity index (χ0) is 11.5. The monoisotopic (exact) mass is 215 g/mol. The second-order valence-corrected chi connectivity index (χ2v) is 2.90. The summed E-state index contributed by atoms with van der Waals surface area (Å²) in [5.41, 5.74) is 0.984. The Hall–Kier alpha value is -1.45. The van der Waals surface area contributed by atoms with E-state index in [1.807, 2.05) is 0 Å². The molecule has 0 N–H and O–H groups in total. The third-order valence-electron chi connectivity index (χ3n) is 1.88. The molecule has 1 aromatic rings. The number of benzene rings is 1. The van der Waals surface area contributed by atoms with Crippen molar-refractivity contribution in [2.24, 2.45) is 0 Å². The minimum Gasteiger partial charge on any atom is -0.405 e. The highest BCUT2D eigenvalue weighted by molar-refractivity contribution is 5.39. The summed E-state index contributed by atoms with van der Waals surface area (Å²) < 4.78 is 40.0. The molecule has 1 aromatic carbocycles. The van der Waals surface area contributed by atoms with E-state index in [1.165, 1.54) is 6.07 Å². The second kappa shape index (κ2) is 4.38. The Morgan fingerprint density at radius 1 is 1.40 bits per heavy atom. The highest BCUT2D eigenvalue weighted by Gasteiger charge is 2.31. The van der Waals surface area contributed by atoms with Gasteiger partial charge in [-0.15, -0.1) is 13.2 Å². The predicted octanol–water partition coefficient (Wildman–Crippen LogP) is 3.48. The first-order chi connectivity index (χ1) is 6.96. The number of ether oxygens (including phenoxy) is 1. The Morgan fingerprint density at radius 3 is 2.53 bits per heavy atom. The maximum Gasteiger partial charge on any atom is 0.573 e. The fourth-order valence-electron chi connectivity index (χ4n) is 1.18. The van der Waals surface area contributed by atoms with Crippen LogP contribution < -0.4 is 4.74 Å². The van der Waals surface area contributed by atoms with Crippen LogP contribution in [-0.2, 0) is 6.42 Å². The van der Waals surface area contributed by atoms with E-state index in [1.54, 1.807) is 19.1 Å². The SMILES string of the molecule is C=[C]c1ccc(CC)c(OC(F)(F)F)c1. The van der Waals surface area contributed by atoms with Gasteiger partial charge >= 0.3 is 6.36 Å². The normalized spacial score (nSPS) is 11.2. The number of rotatable bonds is 3. The van der Waals surface area contributed by atoms with Crippen LogP contribution in [0.4, 0.5) is 13.2 Å². The van der Waals surface area contributed by atoms with Crippen molar-refractivity contribution in [3.63, 3.8) is 0 Å². The average Bonchev–Trinajstić information content (AvgIpc) is 2.15. The van der Waals surface area contributed by atoms with Crippen LogP contribution in [0.3, 0.4) is 0 Å². The van der Waals surface area contributed by atoms with Gasteiger partial charge < -0.3 is 4.74 Å². The van der Waals surface area contributed by atoms with Crippen molar-refractivity contribution >= 4 is 0 Å². The van der Waals surface area contributed by atoms with Gasteiger partial charge in [-0.25, -0.2) is 0 Å². The topological polar surface area (TPSA) is 9.23 Å². The lowest BCUT2D eigenvalue weighted by molar-refractivity contribution is -0.274. The molecule has 0 aliphatic heterocycles. The van der Waals surface area contributed by atoms with E-state index in [0.717, 1.165) is 0 Å². The van der Waals surface area contributed by atoms with E-state index < -0.39 is 6.36 Å². The van der Waals surface area contributed by atoms with Gasteiger partial charge in [-0.1, -0.05) is 25.6 Å². The molecular weight excluding hydrogens is 205 g/mol. The summed E-state index contributed by atoms with van der Waals surface area (Å²) in [7, 11) is 0. The quantitative estimate of drug-likeness (QED) is 0.750. The van der Waals surface area contributed by atoms with E-state index in [2.05, 4.69) is 17.4 Å². The van der Waals surface area contributed by atoms with Gasteiger partial charge in [-0.05, 0) is 29.7 Å². The Bertz CT molecular complexity index is 355. The van der Waals surface area contributed by atoms with Crippen molar-refractivity contribution in [2.75, 3.05) is 0 Å². The molecule has 0 saturated heterocycles. The third kappa shape index (κ3) is 3.31. The Morgan fingerprint density at radius 2 is 2.07 bits per heavy atom. The van der Waals surface area contributed by atoms with Crippen LogP contribution in [0.25, 0.3) is 0 Å². The fraction of sp³-hybridized carbons (Fsp3) is 0.273. The molecule has 0 aliphatic carbocycles. The van der Waals surface area contributed by atoms with Crippen LogP contribution in [0.5, 0.6) is 5.75 Å². The molecule has 0 aliphatic rings. The average molecular weight is 215 g/mol. The minimum atomic E-state index is -4.66. The third-order valence-corrected chi connectivity index (χ3v) is 1.88. The number of hydrogen-bond acceptors (Lipinski definition) is 1. The number of hydrogen-bond donors (Lipinski definition) is 0. The molecule has 0 saturated carbocycles. The largest absolute Gasteiger partial charge is 0.573 e. The van der Waals surface area contributed by atoms with Gasteiger partial charge in [-0.2, -0.15) is 0 Å². The summed E-state index contributed by atoms with van der Waals surface area (Å²) in [6.07, 6.45) is -1.68. The summed E-state index contributed by atoms with van der Waals surface area (Å²) in [5.74, 6) is -0.182. The van der Waals surface area contributed by atoms with Gasteiger partial charge in [0.2, 0.25) is 0 Å². The van der Waals surface area contributed by atoms with Crippen molar-refractivity contribution in [3.05, 3.63) is 42.0 Å². The van der Waals surface area contributed by atoms with Crippen molar-refractivity contribution in [1.29, 1.82) is 0 Å². The summed E-state index contributed by atoms with van der Waals surface area (Å²) >= 11 is 0. The van der Waals surface area contributed by atoms with Crippen molar-refractivity contribution < 1.29 is 17.9 Å². The van der Waals surface area contributed by atoms with Crippen molar-refractivity contribution in [2.45, 2.75) is 19.7 Å². The van der Waals surface area contributed by atoms with E-state index in [9.17, 15) is 13.2 Å². The molecule has 1 nitrogen and oxygen atoms in total. The van der Waals surface area contributed by atoms with E-state index in [-0.39, 0.29) is 5.75 Å². The zero-order valence-corrected chi connectivity index (χ0v) is 8.19. The van der Waals surface area contributed by atoms with Crippen LogP contribution in [0, 0.1) is 6.08 Å². The van der Waals surface area contributed by atoms with Crippen LogP contribution in [0.15, 0.2) is 24.8 Å². The molecule has 1 rings (SSSR count). The predicted molar refractivity (Wildman–Crippen MR) is 50.5 cm³/mol. The van der Waals surface area contributed by atoms with Gasteiger partial charge in [0.05, 0.1) is 0 Å². The van der Waals surface area contributed by atoms with Crippen LogP contribution >= 0.6 is 0 Å². The molecule has 81 valence electrons. The van der Waals surface area contributed by atoms with Crippen LogP contribution in [0.1, 0.15) is 18.1 Å². The Balaban J connectivity index is 3.06. The standard InChI is InChI=1S/C11H10F3O/c1-3-8-5-6-9(4-2)10(7-8)15-11(12,13)14/h5-7H,1,4H2,2H3. The van der Waals surface area contributed by atoms with Crippen molar-refractivity contribution in [3.8, 4) is 5.75 Å². The fourth-order valence-corrected chi connectivity index (χ4v) is 1.18. The highest BCUT2D eigenvalue weighted by Crippen LogP contribution is 2.27. The van der Waals surface area contributed by atoms with E-state index >= 15 is 0 Å². The number of alkyl halides is 3. The smallest absolute Gasteiger partial charge is 0.405 e. The lowest BCUT2D eigenvalue weighted by Gasteiger charge is -2.12. The van der Waals surface area contributed by atoms with Gasteiger partial charge in [0, 0.05) is 0 Å². The van der Waals surface area contributed by atoms with Crippen LogP contribution in [-0.4, -0.2) is 6.36 Å². The molecule has 0 fully saturated rings. The summed E-state index contributed by atoms with van der Waals surface area (Å²) in [5, 5.41) is 0. The molecule has 0 atom stereocenters. The molecule has 1 radical (unpaired) electrons. The molecule has 0 heterocycles. The molecular formula is C11H10F3O. The maximum atomic E-state index is 12.0. The zero-order valence-electron chi connectivity index (χ0n) is 8.19. The van der Waals surface area contributed by atoms with Gasteiger partial charge in [0.1, 0.15) is 5.75 Å². The summed E-state index contributed by atoms with van der Waals surface area (Å²) in [6, 6.07) is 4.50. The van der Waals surface area contributed by atoms with Gasteiger partial charge in [0.15, 0.2) is 0 Å². The second-order valence-electron chi connectivity index (χ2n) is 2.90. The van der Waals surface area contributed by atoms with Crippen molar-refractivity contribution in [1.82, 2.24) is 0 Å². The van der Waals surface area contributed by atoms with E-state index in [4.69, 9.17) is 0 Å². The lowest BCUT2D eigenvalue weighted by Crippen LogP contribution is -2.18. The Labute approximate surface area is 86.2 Å². The summed E-state index contributed by atoms with van der Waals surface area (Å²) in [6.45, 7) is 5.12.